The Labute approximate surface area is 71.3 Å². The molecule has 0 spiro atoms. The quantitative estimate of drug-likeness (QED) is 0.648. The van der Waals surface area contributed by atoms with Crippen molar-refractivity contribution in [2.75, 3.05) is 0 Å². The minimum absolute atomic E-state index is 0.0810. The predicted octanol–water partition coefficient (Wildman–Crippen LogP) is 2.78. The molecule has 1 unspecified atom stereocenters. The Morgan fingerprint density at radius 3 is 2.30 bits per heavy atom. The van der Waals surface area contributed by atoms with Gasteiger partial charge in [-0.15, -0.1) is 0 Å². The highest BCUT2D eigenvalue weighted by atomic mass is 79.9. The van der Waals surface area contributed by atoms with Gasteiger partial charge < -0.3 is 0 Å². The summed E-state index contributed by atoms with van der Waals surface area (Å²) in [6.45, 7) is 5.96. The van der Waals surface area contributed by atoms with Crippen molar-refractivity contribution in [3.8, 4) is 0 Å². The van der Waals surface area contributed by atoms with Crippen LogP contribution >= 0.6 is 15.9 Å². The maximum atomic E-state index is 11.2. The van der Waals surface area contributed by atoms with Crippen molar-refractivity contribution in [1.29, 1.82) is 0 Å². The van der Waals surface area contributed by atoms with E-state index in [2.05, 4.69) is 22.9 Å². The van der Waals surface area contributed by atoms with Gasteiger partial charge in [0, 0.05) is 5.92 Å². The second-order valence-electron chi connectivity index (χ2n) is 2.81. The molecule has 0 amide bonds. The number of ketones is 1. The van der Waals surface area contributed by atoms with E-state index in [1.807, 2.05) is 13.8 Å². The average molecular weight is 207 g/mol. The van der Waals surface area contributed by atoms with Gasteiger partial charge in [0.1, 0.15) is 5.78 Å². The zero-order valence-electron chi connectivity index (χ0n) is 6.86. The molecule has 0 saturated carbocycles. The number of halogens is 1. The third kappa shape index (κ3) is 3.35. The van der Waals surface area contributed by atoms with E-state index in [0.29, 0.717) is 5.78 Å². The molecule has 0 fully saturated rings. The van der Waals surface area contributed by atoms with Gasteiger partial charge in [-0.25, -0.2) is 0 Å². The van der Waals surface area contributed by atoms with E-state index in [9.17, 15) is 4.79 Å². The van der Waals surface area contributed by atoms with Crippen LogP contribution in [0.3, 0.4) is 0 Å². The highest BCUT2D eigenvalue weighted by Crippen LogP contribution is 2.13. The summed E-state index contributed by atoms with van der Waals surface area (Å²) in [5, 5.41) is 0. The Morgan fingerprint density at radius 1 is 1.50 bits per heavy atom. The molecule has 0 radical (unpaired) electrons. The van der Waals surface area contributed by atoms with E-state index in [1.54, 1.807) is 0 Å². The van der Waals surface area contributed by atoms with Crippen LogP contribution in [-0.2, 0) is 4.79 Å². The third-order valence-electron chi connectivity index (χ3n) is 1.42. The smallest absolute Gasteiger partial charge is 0.148 e. The minimum Gasteiger partial charge on any atom is -0.298 e. The highest BCUT2D eigenvalue weighted by Gasteiger charge is 2.16. The molecule has 0 aliphatic carbocycles. The Morgan fingerprint density at radius 2 is 2.00 bits per heavy atom. The van der Waals surface area contributed by atoms with Crippen molar-refractivity contribution in [3.63, 3.8) is 0 Å². The summed E-state index contributed by atoms with van der Waals surface area (Å²) in [7, 11) is 0. The topological polar surface area (TPSA) is 17.1 Å². The summed E-state index contributed by atoms with van der Waals surface area (Å²) in [6.07, 6.45) is 2.02. The van der Waals surface area contributed by atoms with E-state index >= 15 is 0 Å². The van der Waals surface area contributed by atoms with E-state index in [1.165, 1.54) is 0 Å². The van der Waals surface area contributed by atoms with E-state index < -0.39 is 0 Å². The maximum absolute atomic E-state index is 11.2. The van der Waals surface area contributed by atoms with Crippen LogP contribution < -0.4 is 0 Å². The molecule has 0 bridgehead atoms. The first-order valence-corrected chi connectivity index (χ1v) is 4.69. The summed E-state index contributed by atoms with van der Waals surface area (Å²) < 4.78 is 0. The zero-order chi connectivity index (χ0) is 8.15. The standard InChI is InChI=1S/C8H15BrO/c1-4-5-7(9)8(10)6(2)3/h6-7H,4-5H2,1-3H3. The Hall–Kier alpha value is 0.150. The van der Waals surface area contributed by atoms with E-state index in [-0.39, 0.29) is 10.7 Å². The third-order valence-corrected chi connectivity index (χ3v) is 2.33. The Balaban J connectivity index is 3.71. The van der Waals surface area contributed by atoms with Crippen LogP contribution in [0.2, 0.25) is 0 Å². The fraction of sp³-hybridized carbons (Fsp3) is 0.875. The van der Waals surface area contributed by atoms with Crippen LogP contribution in [0.15, 0.2) is 0 Å². The number of carbonyl (C=O) groups is 1. The summed E-state index contributed by atoms with van der Waals surface area (Å²) in [4.78, 5) is 11.3. The van der Waals surface area contributed by atoms with Crippen molar-refractivity contribution in [2.24, 2.45) is 5.92 Å². The summed E-state index contributed by atoms with van der Waals surface area (Å²) in [5.74, 6) is 0.484. The molecule has 0 rings (SSSR count). The van der Waals surface area contributed by atoms with Gasteiger partial charge in [0.25, 0.3) is 0 Å². The first-order valence-electron chi connectivity index (χ1n) is 3.77. The highest BCUT2D eigenvalue weighted by molar-refractivity contribution is 9.10. The van der Waals surface area contributed by atoms with E-state index in [0.717, 1.165) is 12.8 Å². The molecule has 0 aromatic carbocycles. The van der Waals surface area contributed by atoms with Crippen LogP contribution in [0.5, 0.6) is 0 Å². The van der Waals surface area contributed by atoms with Gasteiger partial charge >= 0.3 is 0 Å². The first kappa shape index (κ1) is 10.2. The van der Waals surface area contributed by atoms with E-state index in [4.69, 9.17) is 0 Å². The van der Waals surface area contributed by atoms with Gasteiger partial charge in [0.15, 0.2) is 0 Å². The van der Waals surface area contributed by atoms with Crippen molar-refractivity contribution < 1.29 is 4.79 Å². The lowest BCUT2D eigenvalue weighted by atomic mass is 10.0. The molecular weight excluding hydrogens is 192 g/mol. The number of rotatable bonds is 4. The number of hydrogen-bond acceptors (Lipinski definition) is 1. The first-order chi connectivity index (χ1) is 4.59. The lowest BCUT2D eigenvalue weighted by Gasteiger charge is -2.08. The fourth-order valence-electron chi connectivity index (χ4n) is 0.757. The molecule has 0 aliphatic rings. The average Bonchev–Trinajstić information content (AvgIpc) is 1.87. The van der Waals surface area contributed by atoms with Gasteiger partial charge in [-0.3, -0.25) is 4.79 Å². The molecule has 1 atom stereocenters. The van der Waals surface area contributed by atoms with Gasteiger partial charge in [-0.2, -0.15) is 0 Å². The predicted molar refractivity (Wildman–Crippen MR) is 47.5 cm³/mol. The van der Waals surface area contributed by atoms with Crippen LogP contribution in [0, 0.1) is 5.92 Å². The van der Waals surface area contributed by atoms with Crippen LogP contribution in [-0.4, -0.2) is 10.6 Å². The van der Waals surface area contributed by atoms with Crippen LogP contribution in [0.25, 0.3) is 0 Å². The summed E-state index contributed by atoms with van der Waals surface area (Å²) >= 11 is 3.35. The molecular formula is C8H15BrO. The fourth-order valence-corrected chi connectivity index (χ4v) is 1.74. The summed E-state index contributed by atoms with van der Waals surface area (Å²) in [6, 6.07) is 0. The molecule has 0 saturated heterocycles. The van der Waals surface area contributed by atoms with Gasteiger partial charge in [0.05, 0.1) is 4.83 Å². The van der Waals surface area contributed by atoms with Crippen molar-refractivity contribution in [3.05, 3.63) is 0 Å². The summed E-state index contributed by atoms with van der Waals surface area (Å²) in [5.41, 5.74) is 0. The number of carbonyl (C=O) groups excluding carboxylic acids is 1. The number of Topliss-reactive ketones (excluding diaryl/α,β-unsaturated/α-hetero) is 1. The molecule has 0 N–H and O–H groups in total. The lowest BCUT2D eigenvalue weighted by molar-refractivity contribution is -0.121. The SMILES string of the molecule is CCCC(Br)C(=O)C(C)C. The van der Waals surface area contributed by atoms with Gasteiger partial charge in [-0.05, 0) is 6.42 Å². The van der Waals surface area contributed by atoms with Gasteiger partial charge in [0.2, 0.25) is 0 Å². The van der Waals surface area contributed by atoms with Crippen LogP contribution in [0.1, 0.15) is 33.6 Å². The second kappa shape index (κ2) is 4.89. The minimum atomic E-state index is 0.0810. The monoisotopic (exact) mass is 206 g/mol. The normalized spacial score (nSPS) is 13.7. The lowest BCUT2D eigenvalue weighted by Crippen LogP contribution is -2.19. The Kier molecular flexibility index (Phi) is 4.96. The largest absolute Gasteiger partial charge is 0.298 e. The molecule has 0 aliphatic heterocycles. The second-order valence-corrected chi connectivity index (χ2v) is 3.92. The molecule has 60 valence electrons. The molecule has 0 aromatic heterocycles. The number of alkyl halides is 1. The van der Waals surface area contributed by atoms with Crippen LogP contribution in [0.4, 0.5) is 0 Å². The zero-order valence-corrected chi connectivity index (χ0v) is 8.44. The molecule has 0 aromatic rings. The molecule has 2 heteroatoms. The molecule has 1 nitrogen and oxygen atoms in total. The number of hydrogen-bond donors (Lipinski definition) is 0. The molecule has 10 heavy (non-hydrogen) atoms. The molecule has 0 heterocycles. The van der Waals surface area contributed by atoms with Crippen molar-refractivity contribution in [1.82, 2.24) is 0 Å². The van der Waals surface area contributed by atoms with Gasteiger partial charge in [-0.1, -0.05) is 43.1 Å². The van der Waals surface area contributed by atoms with Crippen molar-refractivity contribution in [2.45, 2.75) is 38.4 Å². The Bertz CT molecular complexity index is 110. The van der Waals surface area contributed by atoms with Crippen molar-refractivity contribution >= 4 is 21.7 Å². The maximum Gasteiger partial charge on any atom is 0.148 e.